The first-order chi connectivity index (χ1) is 13.7. The van der Waals surface area contributed by atoms with Gasteiger partial charge in [0.25, 0.3) is 0 Å². The molecular formula is C22H29N3O2S. The quantitative estimate of drug-likeness (QED) is 0.807. The van der Waals surface area contributed by atoms with Crippen LogP contribution < -0.4 is 5.32 Å². The van der Waals surface area contributed by atoms with Crippen molar-refractivity contribution >= 4 is 22.9 Å². The van der Waals surface area contributed by atoms with Crippen LogP contribution in [-0.4, -0.2) is 55.1 Å². The minimum Gasteiger partial charge on any atom is -0.379 e. The molecule has 3 heterocycles. The second kappa shape index (κ2) is 9.18. The highest BCUT2D eigenvalue weighted by molar-refractivity contribution is 7.10. The number of hydrogen-bond acceptors (Lipinski definition) is 5. The number of nitrogens with one attached hydrogen (secondary N) is 1. The van der Waals surface area contributed by atoms with Crippen LogP contribution in [0.5, 0.6) is 0 Å². The zero-order valence-electron chi connectivity index (χ0n) is 16.5. The van der Waals surface area contributed by atoms with Gasteiger partial charge in [0.15, 0.2) is 0 Å². The molecule has 1 N–H and O–H groups in total. The maximum atomic E-state index is 12.6. The van der Waals surface area contributed by atoms with Crippen LogP contribution in [0.2, 0.25) is 0 Å². The maximum absolute atomic E-state index is 12.6. The molecule has 1 unspecified atom stereocenters. The summed E-state index contributed by atoms with van der Waals surface area (Å²) in [5, 5.41) is 5.25. The van der Waals surface area contributed by atoms with E-state index in [9.17, 15) is 4.79 Å². The molecule has 1 atom stereocenters. The van der Waals surface area contributed by atoms with Gasteiger partial charge in [-0.1, -0.05) is 19.1 Å². The van der Waals surface area contributed by atoms with Crippen molar-refractivity contribution in [2.45, 2.75) is 32.4 Å². The van der Waals surface area contributed by atoms with E-state index in [0.29, 0.717) is 12.6 Å². The fourth-order valence-electron chi connectivity index (χ4n) is 4.21. The van der Waals surface area contributed by atoms with E-state index in [0.717, 1.165) is 57.9 Å². The Morgan fingerprint density at radius 1 is 1.18 bits per heavy atom. The van der Waals surface area contributed by atoms with E-state index in [-0.39, 0.29) is 5.91 Å². The van der Waals surface area contributed by atoms with Crippen molar-refractivity contribution in [2.24, 2.45) is 0 Å². The molecule has 2 aromatic rings. The standard InChI is InChI=1S/C22H29N3O2S/c1-2-20-19-8-14-28-21(19)7-9-25(20)16-22(26)23-18-5-3-17(4-6-18)15-24-10-12-27-13-11-24/h3-6,8,14,20H,2,7,9-13,15-16H2,1H3,(H,23,26). The van der Waals surface area contributed by atoms with Gasteiger partial charge < -0.3 is 10.1 Å². The lowest BCUT2D eigenvalue weighted by atomic mass is 9.98. The summed E-state index contributed by atoms with van der Waals surface area (Å²) in [5.41, 5.74) is 3.56. The van der Waals surface area contributed by atoms with Crippen molar-refractivity contribution in [3.05, 3.63) is 51.7 Å². The average Bonchev–Trinajstić information content (AvgIpc) is 3.19. The van der Waals surface area contributed by atoms with Crippen molar-refractivity contribution in [3.63, 3.8) is 0 Å². The Hall–Kier alpha value is -1.73. The van der Waals surface area contributed by atoms with Gasteiger partial charge in [-0.2, -0.15) is 0 Å². The van der Waals surface area contributed by atoms with Gasteiger partial charge in [-0.15, -0.1) is 11.3 Å². The fourth-order valence-corrected chi connectivity index (χ4v) is 5.14. The number of carbonyl (C=O) groups is 1. The number of nitrogens with zero attached hydrogens (tertiary/aromatic N) is 2. The number of morpholine rings is 1. The Morgan fingerprint density at radius 2 is 1.96 bits per heavy atom. The molecule has 1 fully saturated rings. The molecule has 0 spiro atoms. The molecule has 150 valence electrons. The van der Waals surface area contributed by atoms with Crippen molar-refractivity contribution in [3.8, 4) is 0 Å². The summed E-state index contributed by atoms with van der Waals surface area (Å²) in [6.07, 6.45) is 2.08. The van der Waals surface area contributed by atoms with Gasteiger partial charge in [0.1, 0.15) is 0 Å². The Bertz CT molecular complexity index is 783. The van der Waals surface area contributed by atoms with E-state index in [1.807, 2.05) is 23.5 Å². The van der Waals surface area contributed by atoms with E-state index in [4.69, 9.17) is 4.74 Å². The summed E-state index contributed by atoms with van der Waals surface area (Å²) in [5.74, 6) is 0.0676. The van der Waals surface area contributed by atoms with E-state index in [1.54, 1.807) is 0 Å². The number of carbonyl (C=O) groups excluding carboxylic acids is 1. The Labute approximate surface area is 171 Å². The van der Waals surface area contributed by atoms with Crippen LogP contribution in [0.1, 0.15) is 35.4 Å². The van der Waals surface area contributed by atoms with Crippen LogP contribution in [0.25, 0.3) is 0 Å². The van der Waals surface area contributed by atoms with Crippen LogP contribution in [0.3, 0.4) is 0 Å². The summed E-state index contributed by atoms with van der Waals surface area (Å²) in [4.78, 5) is 18.8. The van der Waals surface area contributed by atoms with Gasteiger partial charge in [-0.05, 0) is 47.5 Å². The largest absolute Gasteiger partial charge is 0.379 e. The number of amides is 1. The number of fused-ring (bicyclic) bond motifs is 1. The Morgan fingerprint density at radius 3 is 2.71 bits per heavy atom. The lowest BCUT2D eigenvalue weighted by Crippen LogP contribution is -2.40. The van der Waals surface area contributed by atoms with E-state index in [1.165, 1.54) is 16.0 Å². The highest BCUT2D eigenvalue weighted by Gasteiger charge is 2.28. The molecule has 6 heteroatoms. The minimum absolute atomic E-state index is 0.0676. The van der Waals surface area contributed by atoms with Crippen molar-refractivity contribution < 1.29 is 9.53 Å². The first kappa shape index (κ1) is 19.6. The molecule has 2 aliphatic heterocycles. The van der Waals surface area contributed by atoms with Gasteiger partial charge >= 0.3 is 0 Å². The lowest BCUT2D eigenvalue weighted by molar-refractivity contribution is -0.118. The molecule has 5 nitrogen and oxygen atoms in total. The van der Waals surface area contributed by atoms with Gasteiger partial charge in [0, 0.05) is 42.8 Å². The first-order valence-electron chi connectivity index (χ1n) is 10.2. The second-order valence-corrected chi connectivity index (χ2v) is 8.58. The predicted octanol–water partition coefficient (Wildman–Crippen LogP) is 3.53. The zero-order valence-corrected chi connectivity index (χ0v) is 17.3. The van der Waals surface area contributed by atoms with E-state index in [2.05, 4.69) is 45.6 Å². The van der Waals surface area contributed by atoms with Crippen LogP contribution in [0.4, 0.5) is 5.69 Å². The number of rotatable bonds is 6. The molecule has 0 radical (unpaired) electrons. The predicted molar refractivity (Wildman–Crippen MR) is 114 cm³/mol. The maximum Gasteiger partial charge on any atom is 0.238 e. The molecule has 2 aliphatic rings. The zero-order chi connectivity index (χ0) is 19.3. The summed E-state index contributed by atoms with van der Waals surface area (Å²) in [6.45, 7) is 8.15. The minimum atomic E-state index is 0.0676. The van der Waals surface area contributed by atoms with Gasteiger partial charge in [-0.3, -0.25) is 14.6 Å². The second-order valence-electron chi connectivity index (χ2n) is 7.58. The van der Waals surface area contributed by atoms with Crippen LogP contribution in [-0.2, 0) is 22.5 Å². The molecule has 0 bridgehead atoms. The molecule has 0 saturated carbocycles. The van der Waals surface area contributed by atoms with Crippen molar-refractivity contribution in [1.29, 1.82) is 0 Å². The molecule has 1 amide bonds. The number of hydrogen-bond donors (Lipinski definition) is 1. The normalized spacial score (nSPS) is 20.7. The molecule has 1 aromatic heterocycles. The number of ether oxygens (including phenoxy) is 1. The number of thiophene rings is 1. The van der Waals surface area contributed by atoms with Gasteiger partial charge in [0.05, 0.1) is 19.8 Å². The summed E-state index contributed by atoms with van der Waals surface area (Å²) < 4.78 is 5.40. The third-order valence-electron chi connectivity index (χ3n) is 5.69. The summed E-state index contributed by atoms with van der Waals surface area (Å²) in [6, 6.07) is 10.8. The van der Waals surface area contributed by atoms with Crippen molar-refractivity contribution in [2.75, 3.05) is 44.7 Å². The van der Waals surface area contributed by atoms with Gasteiger partial charge in [0.2, 0.25) is 5.91 Å². The molecule has 0 aliphatic carbocycles. The van der Waals surface area contributed by atoms with E-state index < -0.39 is 0 Å². The third-order valence-corrected chi connectivity index (χ3v) is 6.68. The van der Waals surface area contributed by atoms with Crippen LogP contribution in [0.15, 0.2) is 35.7 Å². The average molecular weight is 400 g/mol. The molecule has 4 rings (SSSR count). The summed E-state index contributed by atoms with van der Waals surface area (Å²) >= 11 is 1.84. The van der Waals surface area contributed by atoms with Crippen LogP contribution >= 0.6 is 11.3 Å². The molecule has 28 heavy (non-hydrogen) atoms. The molecular weight excluding hydrogens is 370 g/mol. The fraction of sp³-hybridized carbons (Fsp3) is 0.500. The van der Waals surface area contributed by atoms with E-state index >= 15 is 0 Å². The molecule has 1 saturated heterocycles. The smallest absolute Gasteiger partial charge is 0.238 e. The number of anilines is 1. The lowest BCUT2D eigenvalue weighted by Gasteiger charge is -2.34. The highest BCUT2D eigenvalue weighted by atomic mass is 32.1. The SMILES string of the molecule is CCC1c2ccsc2CCN1CC(=O)Nc1ccc(CN2CCOCC2)cc1. The first-order valence-corrected chi connectivity index (χ1v) is 11.1. The third kappa shape index (κ3) is 4.63. The summed E-state index contributed by atoms with van der Waals surface area (Å²) in [7, 11) is 0. The number of benzene rings is 1. The monoisotopic (exact) mass is 399 g/mol. The molecule has 1 aromatic carbocycles. The highest BCUT2D eigenvalue weighted by Crippen LogP contribution is 2.34. The Kier molecular flexibility index (Phi) is 6.42. The van der Waals surface area contributed by atoms with Crippen LogP contribution in [0, 0.1) is 0 Å². The van der Waals surface area contributed by atoms with Crippen molar-refractivity contribution in [1.82, 2.24) is 9.80 Å². The Balaban J connectivity index is 1.31. The topological polar surface area (TPSA) is 44.8 Å². The van der Waals surface area contributed by atoms with Gasteiger partial charge in [-0.25, -0.2) is 0 Å².